The number of carbonyl (C=O) groups is 8. The fourth-order valence-corrected chi connectivity index (χ4v) is 7.19. The lowest BCUT2D eigenvalue weighted by Crippen LogP contribution is -2.59. The Kier molecular flexibility index (Phi) is 28.3. The van der Waals surface area contributed by atoms with Crippen molar-refractivity contribution < 1.29 is 38.4 Å². The predicted octanol–water partition coefficient (Wildman–Crippen LogP) is -4.07. The van der Waals surface area contributed by atoms with Gasteiger partial charge in [0.15, 0.2) is 11.9 Å². The normalized spacial score (nSPS) is 13.3. The van der Waals surface area contributed by atoms with Gasteiger partial charge in [0.2, 0.25) is 47.3 Å². The molecule has 0 fully saturated rings. The molecule has 6 atom stereocenters. The average molecular weight is 997 g/mol. The molecule has 0 spiro atoms. The predicted molar refractivity (Wildman–Crippen MR) is 269 cm³/mol. The summed E-state index contributed by atoms with van der Waals surface area (Å²) in [6.07, 6.45) is 3.83. The fraction of sp³-hybridized carbons (Fsp3) is 0.511. The molecule has 0 bridgehead atoms. The molecule has 0 unspecified atom stereocenters. The van der Waals surface area contributed by atoms with Crippen molar-refractivity contribution in [2.45, 2.75) is 100 Å². The molecule has 0 aliphatic rings. The largest absolute Gasteiger partial charge is 0.370 e. The Balaban J connectivity index is 2.29. The first-order valence-electron chi connectivity index (χ1n) is 22.9. The number of nitrogens with zero attached hydrogens (tertiary/aromatic N) is 2. The zero-order valence-electron chi connectivity index (χ0n) is 39.7. The summed E-state index contributed by atoms with van der Waals surface area (Å²) in [6.45, 7) is -0.454. The van der Waals surface area contributed by atoms with E-state index in [4.69, 9.17) is 40.1 Å². The van der Waals surface area contributed by atoms with Crippen molar-refractivity contribution >= 4 is 70.9 Å². The molecule has 21 N–H and O–H groups in total. The SMILES string of the molecule is CSCC[C@H](NC(=O)[C@H](Cc1ccccc1)NC(=O)CNC(=O)CNC(=O)[C@@H](N)Cc1ccccc1)C(=O)N[C@@H](CCCN=C(N)N)C(=O)N[C@@H](CCCN=C(N)N)C(=O)N[C@@H](CCCCN)C(N)=O. The van der Waals surface area contributed by atoms with E-state index in [1.165, 1.54) is 11.8 Å². The zero-order valence-corrected chi connectivity index (χ0v) is 40.5. The first-order chi connectivity index (χ1) is 33.4. The summed E-state index contributed by atoms with van der Waals surface area (Å²) in [5.74, 6) is -5.75. The van der Waals surface area contributed by atoms with E-state index in [1.807, 2.05) is 30.3 Å². The number of rotatable bonds is 34. The third-order valence-electron chi connectivity index (χ3n) is 10.4. The Morgan fingerprint density at radius 3 is 1.43 bits per heavy atom. The maximum absolute atomic E-state index is 14.2. The smallest absolute Gasteiger partial charge is 0.243 e. The van der Waals surface area contributed by atoms with Gasteiger partial charge in [0.1, 0.15) is 30.2 Å². The van der Waals surface area contributed by atoms with E-state index < -0.39 is 96.6 Å². The molecule has 70 heavy (non-hydrogen) atoms. The summed E-state index contributed by atoms with van der Waals surface area (Å²) in [5.41, 5.74) is 40.6. The number of benzene rings is 2. The van der Waals surface area contributed by atoms with Gasteiger partial charge in [-0.05, 0) is 87.5 Å². The van der Waals surface area contributed by atoms with Crippen LogP contribution in [0.3, 0.4) is 0 Å². The molecule has 0 radical (unpaired) electrons. The van der Waals surface area contributed by atoms with Gasteiger partial charge in [0, 0.05) is 19.5 Å². The first kappa shape index (κ1) is 59.1. The van der Waals surface area contributed by atoms with Crippen LogP contribution in [-0.4, -0.2) is 140 Å². The molecule has 25 heteroatoms. The molecule has 8 amide bonds. The molecule has 2 rings (SSSR count). The van der Waals surface area contributed by atoms with Crippen LogP contribution in [0.1, 0.15) is 62.5 Å². The van der Waals surface area contributed by atoms with Crippen LogP contribution >= 0.6 is 11.8 Å². The Morgan fingerprint density at radius 2 is 0.957 bits per heavy atom. The number of hydrogen-bond acceptors (Lipinski definition) is 13. The van der Waals surface area contributed by atoms with Gasteiger partial charge in [-0.25, -0.2) is 0 Å². The quantitative estimate of drug-likeness (QED) is 0.0180. The molecule has 0 aromatic heterocycles. The second kappa shape index (κ2) is 33.5. The second-order valence-corrected chi connectivity index (χ2v) is 17.2. The average Bonchev–Trinajstić information content (AvgIpc) is 3.32. The Hall–Kier alpha value is -6.99. The minimum atomic E-state index is -1.30. The van der Waals surface area contributed by atoms with Crippen molar-refractivity contribution in [3.63, 3.8) is 0 Å². The molecule has 0 saturated heterocycles. The van der Waals surface area contributed by atoms with Gasteiger partial charge in [0.25, 0.3) is 0 Å². The maximum atomic E-state index is 14.2. The third-order valence-corrected chi connectivity index (χ3v) is 11.1. The van der Waals surface area contributed by atoms with Gasteiger partial charge in [0.05, 0.1) is 19.1 Å². The molecule has 2 aromatic carbocycles. The van der Waals surface area contributed by atoms with E-state index in [2.05, 4.69) is 47.2 Å². The number of aliphatic imine (C=N–C) groups is 2. The van der Waals surface area contributed by atoms with E-state index in [9.17, 15) is 38.4 Å². The molecule has 386 valence electrons. The van der Waals surface area contributed by atoms with Crippen molar-refractivity contribution in [3.8, 4) is 0 Å². The third kappa shape index (κ3) is 24.9. The monoisotopic (exact) mass is 997 g/mol. The Morgan fingerprint density at radius 1 is 0.514 bits per heavy atom. The highest BCUT2D eigenvalue weighted by Gasteiger charge is 2.32. The van der Waals surface area contributed by atoms with E-state index in [0.29, 0.717) is 30.7 Å². The van der Waals surface area contributed by atoms with Gasteiger partial charge in [-0.15, -0.1) is 0 Å². The number of guanidine groups is 2. The molecule has 24 nitrogen and oxygen atoms in total. The van der Waals surface area contributed by atoms with Gasteiger partial charge in [-0.1, -0.05) is 60.7 Å². The van der Waals surface area contributed by atoms with Gasteiger partial charge in [-0.3, -0.25) is 48.3 Å². The summed E-state index contributed by atoms with van der Waals surface area (Å²) in [5, 5.41) is 18.2. The second-order valence-electron chi connectivity index (χ2n) is 16.2. The molecule has 2 aromatic rings. The summed E-state index contributed by atoms with van der Waals surface area (Å²) in [4.78, 5) is 115. The summed E-state index contributed by atoms with van der Waals surface area (Å²) >= 11 is 1.39. The molecule has 0 aliphatic carbocycles. The van der Waals surface area contributed by atoms with Crippen molar-refractivity contribution in [2.75, 3.05) is 44.7 Å². The van der Waals surface area contributed by atoms with Crippen LogP contribution in [0.4, 0.5) is 0 Å². The minimum absolute atomic E-state index is 0.00925. The van der Waals surface area contributed by atoms with Crippen molar-refractivity contribution in [2.24, 2.45) is 50.1 Å². The van der Waals surface area contributed by atoms with E-state index in [-0.39, 0.29) is 76.4 Å². The molecule has 0 saturated carbocycles. The number of thioether (sulfide) groups is 1. The fourth-order valence-electron chi connectivity index (χ4n) is 6.72. The number of amides is 8. The number of hydrogen-bond donors (Lipinski definition) is 14. The van der Waals surface area contributed by atoms with Gasteiger partial charge >= 0.3 is 0 Å². The lowest BCUT2D eigenvalue weighted by molar-refractivity contribution is -0.135. The maximum Gasteiger partial charge on any atom is 0.243 e. The van der Waals surface area contributed by atoms with Crippen LogP contribution in [0.25, 0.3) is 0 Å². The standard InChI is InChI=1S/C45H72N16O8S/c1-70-23-19-34(61-43(69)35(25-29-14-6-3-7-15-29)57-37(63)27-55-36(62)26-56-39(65)30(47)24-28-12-4-2-5-13-28)42(68)60-33(18-11-22-54-45(51)52)41(67)59-32(17-10-21-53-44(49)50)40(66)58-31(38(48)64)16-8-9-20-46/h2-7,12-15,30-35H,8-11,16-27,46-47H2,1H3,(H2,48,64)(H,55,62)(H,56,65)(H,57,63)(H,58,66)(H,59,67)(H,60,68)(H,61,69)(H4,49,50,53)(H4,51,52,54)/t30-,31-,32-,33-,34-,35-/m0/s1. The number of carbonyl (C=O) groups excluding carboxylic acids is 8. The van der Waals surface area contributed by atoms with E-state index >= 15 is 0 Å². The number of nitrogens with two attached hydrogens (primary N) is 7. The Bertz CT molecular complexity index is 2040. The van der Waals surface area contributed by atoms with E-state index in [0.717, 1.165) is 5.56 Å². The molecule has 0 heterocycles. The van der Waals surface area contributed by atoms with Crippen LogP contribution in [0.15, 0.2) is 70.6 Å². The van der Waals surface area contributed by atoms with Crippen LogP contribution in [0, 0.1) is 0 Å². The molecule has 0 aliphatic heterocycles. The van der Waals surface area contributed by atoms with Crippen LogP contribution in [-0.2, 0) is 51.2 Å². The highest BCUT2D eigenvalue weighted by atomic mass is 32.2. The Labute approximate surface area is 412 Å². The lowest BCUT2D eigenvalue weighted by Gasteiger charge is -2.27. The highest BCUT2D eigenvalue weighted by molar-refractivity contribution is 7.98. The van der Waals surface area contributed by atoms with Gasteiger partial charge < -0.3 is 77.4 Å². The van der Waals surface area contributed by atoms with Gasteiger partial charge in [-0.2, -0.15) is 11.8 Å². The van der Waals surface area contributed by atoms with Crippen molar-refractivity contribution in [1.29, 1.82) is 0 Å². The van der Waals surface area contributed by atoms with Crippen molar-refractivity contribution in [3.05, 3.63) is 71.8 Å². The van der Waals surface area contributed by atoms with Crippen LogP contribution in [0.5, 0.6) is 0 Å². The van der Waals surface area contributed by atoms with Crippen LogP contribution in [0.2, 0.25) is 0 Å². The highest BCUT2D eigenvalue weighted by Crippen LogP contribution is 2.10. The number of nitrogens with one attached hydrogen (secondary N) is 7. The number of primary amides is 1. The van der Waals surface area contributed by atoms with Crippen LogP contribution < -0.4 is 77.4 Å². The lowest BCUT2D eigenvalue weighted by atomic mass is 10.0. The zero-order chi connectivity index (χ0) is 51.8. The summed E-state index contributed by atoms with van der Waals surface area (Å²) in [6, 6.07) is 10.9. The minimum Gasteiger partial charge on any atom is -0.370 e. The summed E-state index contributed by atoms with van der Waals surface area (Å²) < 4.78 is 0. The molecular formula is C45H72N16O8S. The number of unbranched alkanes of at least 4 members (excludes halogenated alkanes) is 1. The van der Waals surface area contributed by atoms with Crippen molar-refractivity contribution in [1.82, 2.24) is 37.2 Å². The first-order valence-corrected chi connectivity index (χ1v) is 24.3. The summed E-state index contributed by atoms with van der Waals surface area (Å²) in [7, 11) is 0. The van der Waals surface area contributed by atoms with E-state index in [1.54, 1.807) is 36.6 Å². The molecular weight excluding hydrogens is 925 g/mol. The topological polar surface area (TPSA) is 428 Å².